The summed E-state index contributed by atoms with van der Waals surface area (Å²) in [4.78, 5) is 2.85. The van der Waals surface area contributed by atoms with Crippen LogP contribution in [0.25, 0.3) is 0 Å². The number of hydrogen-bond acceptors (Lipinski definition) is 5. The normalized spacial score (nSPS) is 22.6. The zero-order valence-electron chi connectivity index (χ0n) is 19.4. The number of rotatable bonds is 9. The molecule has 0 N–H and O–H groups in total. The van der Waals surface area contributed by atoms with E-state index in [1.54, 1.807) is 24.3 Å². The molecule has 6 nitrogen and oxygen atoms in total. The molecule has 178 valence electrons. The molecule has 1 aromatic rings. The average molecular weight is 471 g/mol. The lowest BCUT2D eigenvalue weighted by Crippen LogP contribution is -2.42. The summed E-state index contributed by atoms with van der Waals surface area (Å²) < 4.78 is 38.3. The first-order valence-corrected chi connectivity index (χ1v) is 13.4. The Morgan fingerprint density at radius 1 is 1.21 bits per heavy atom. The minimum atomic E-state index is -3.49. The largest absolute Gasteiger partial charge is 0.492 e. The number of allylic oxidation sites excluding steroid dienone is 2. The molecular formula is C26H34N2O4S. The number of nitrogens with zero attached hydrogens (tertiary/aromatic N) is 2. The molecule has 3 aliphatic rings. The smallest absolute Gasteiger partial charge is 0.243 e. The van der Waals surface area contributed by atoms with Crippen LogP contribution in [-0.2, 0) is 14.8 Å². The van der Waals surface area contributed by atoms with Crippen LogP contribution in [0.2, 0.25) is 0 Å². The maximum atomic E-state index is 12.8. The molecule has 1 heterocycles. The van der Waals surface area contributed by atoms with Crippen molar-refractivity contribution in [1.82, 2.24) is 9.21 Å². The van der Waals surface area contributed by atoms with Crippen LogP contribution >= 0.6 is 0 Å². The van der Waals surface area contributed by atoms with Crippen LogP contribution < -0.4 is 4.74 Å². The molecule has 2 aliphatic carbocycles. The van der Waals surface area contributed by atoms with Gasteiger partial charge in [0.2, 0.25) is 10.0 Å². The van der Waals surface area contributed by atoms with Crippen molar-refractivity contribution in [2.24, 2.45) is 0 Å². The highest BCUT2D eigenvalue weighted by atomic mass is 32.2. The topological polar surface area (TPSA) is 59.1 Å². The van der Waals surface area contributed by atoms with E-state index < -0.39 is 10.0 Å². The van der Waals surface area contributed by atoms with Crippen molar-refractivity contribution < 1.29 is 17.9 Å². The summed E-state index contributed by atoms with van der Waals surface area (Å²) in [6.45, 7) is 5.08. The summed E-state index contributed by atoms with van der Waals surface area (Å²) in [6, 6.07) is 7.70. The predicted octanol–water partition coefficient (Wildman–Crippen LogP) is 3.61. The van der Waals surface area contributed by atoms with Crippen LogP contribution in [0.4, 0.5) is 0 Å². The minimum absolute atomic E-state index is 0.293. The molecule has 7 heteroatoms. The third kappa shape index (κ3) is 5.70. The predicted molar refractivity (Wildman–Crippen MR) is 130 cm³/mol. The van der Waals surface area contributed by atoms with Gasteiger partial charge in [0.1, 0.15) is 12.4 Å². The Kier molecular flexibility index (Phi) is 7.92. The van der Waals surface area contributed by atoms with Gasteiger partial charge in [-0.2, -0.15) is 4.31 Å². The Labute approximate surface area is 198 Å². The third-order valence-electron chi connectivity index (χ3n) is 6.60. The van der Waals surface area contributed by atoms with Gasteiger partial charge in [0.15, 0.2) is 0 Å². The first kappa shape index (κ1) is 24.0. The van der Waals surface area contributed by atoms with Gasteiger partial charge in [-0.15, -0.1) is 6.42 Å². The molecule has 2 fully saturated rings. The lowest BCUT2D eigenvalue weighted by Gasteiger charge is -2.36. The van der Waals surface area contributed by atoms with E-state index in [-0.39, 0.29) is 0 Å². The number of benzene rings is 1. The number of sulfonamides is 1. The van der Waals surface area contributed by atoms with E-state index in [0.717, 1.165) is 31.4 Å². The fourth-order valence-electron chi connectivity index (χ4n) is 4.78. The second-order valence-corrected chi connectivity index (χ2v) is 10.7. The average Bonchev–Trinajstić information content (AvgIpc) is 3.69. The van der Waals surface area contributed by atoms with E-state index in [9.17, 15) is 8.42 Å². The Bertz CT molecular complexity index is 1010. The lowest BCUT2D eigenvalue weighted by molar-refractivity contribution is 0.0730. The molecule has 0 bridgehead atoms. The molecule has 1 saturated carbocycles. The van der Waals surface area contributed by atoms with Crippen molar-refractivity contribution in [2.75, 3.05) is 39.5 Å². The summed E-state index contributed by atoms with van der Waals surface area (Å²) in [7, 11) is -3.49. The first-order chi connectivity index (χ1) is 16.0. The SMILES string of the molecule is C#CC1=C(/C=C\C)C(N(CCOc2ccc(S(=O)(=O)N3CCOCC3)cc2)C2CC2)CCC1. The highest BCUT2D eigenvalue weighted by Crippen LogP contribution is 2.36. The fourth-order valence-corrected chi connectivity index (χ4v) is 6.18. The van der Waals surface area contributed by atoms with Gasteiger partial charge < -0.3 is 9.47 Å². The molecule has 4 rings (SSSR count). The molecule has 1 atom stereocenters. The van der Waals surface area contributed by atoms with Gasteiger partial charge in [-0.1, -0.05) is 18.1 Å². The molecule has 1 saturated heterocycles. The van der Waals surface area contributed by atoms with Crippen LogP contribution in [0.5, 0.6) is 5.75 Å². The molecule has 1 aromatic carbocycles. The minimum Gasteiger partial charge on any atom is -0.492 e. The first-order valence-electron chi connectivity index (χ1n) is 11.9. The molecule has 33 heavy (non-hydrogen) atoms. The molecule has 0 aromatic heterocycles. The number of ether oxygens (including phenoxy) is 2. The van der Waals surface area contributed by atoms with Crippen LogP contribution in [-0.4, -0.2) is 69.2 Å². The van der Waals surface area contributed by atoms with E-state index in [0.29, 0.717) is 55.6 Å². The highest BCUT2D eigenvalue weighted by Gasteiger charge is 2.36. The van der Waals surface area contributed by atoms with Crippen molar-refractivity contribution in [3.8, 4) is 18.1 Å². The standard InChI is InChI=1S/C26H34N2O4S/c1-3-6-25-21(4-2)7-5-8-26(25)28(22-9-10-22)17-20-32-23-11-13-24(14-12-23)33(29,30)27-15-18-31-19-16-27/h2-3,6,11-14,22,26H,5,7-10,15-20H2,1H3/b6-3-. The van der Waals surface area contributed by atoms with Crippen molar-refractivity contribution >= 4 is 10.0 Å². The number of morpholine rings is 1. The van der Waals surface area contributed by atoms with Crippen LogP contribution in [0.3, 0.4) is 0 Å². The lowest BCUT2D eigenvalue weighted by atomic mass is 9.86. The Morgan fingerprint density at radius 2 is 1.94 bits per heavy atom. The maximum absolute atomic E-state index is 12.8. The molecule has 0 spiro atoms. The zero-order valence-corrected chi connectivity index (χ0v) is 20.2. The van der Waals surface area contributed by atoms with E-state index in [4.69, 9.17) is 15.9 Å². The Balaban J connectivity index is 1.38. The van der Waals surface area contributed by atoms with Gasteiger partial charge in [0.05, 0.1) is 18.1 Å². The zero-order chi connectivity index (χ0) is 23.3. The van der Waals surface area contributed by atoms with Crippen LogP contribution in [0.1, 0.15) is 39.0 Å². The molecular weight excluding hydrogens is 436 g/mol. The van der Waals surface area contributed by atoms with Crippen molar-refractivity contribution in [1.29, 1.82) is 0 Å². The molecule has 1 unspecified atom stereocenters. The van der Waals surface area contributed by atoms with E-state index >= 15 is 0 Å². The molecule has 1 aliphatic heterocycles. The Hall–Kier alpha value is -2.11. The second kappa shape index (κ2) is 10.9. The second-order valence-electron chi connectivity index (χ2n) is 8.79. The van der Waals surface area contributed by atoms with Crippen molar-refractivity contribution in [2.45, 2.75) is 56.0 Å². The summed E-state index contributed by atoms with van der Waals surface area (Å²) in [5.74, 6) is 3.60. The van der Waals surface area contributed by atoms with Crippen LogP contribution in [0, 0.1) is 12.3 Å². The number of terminal acetylenes is 1. The third-order valence-corrected chi connectivity index (χ3v) is 8.51. The fraction of sp³-hybridized carbons (Fsp3) is 0.538. The quantitative estimate of drug-likeness (QED) is 0.516. The van der Waals surface area contributed by atoms with Gasteiger partial charge >= 0.3 is 0 Å². The molecule has 0 amide bonds. The van der Waals surface area contributed by atoms with Gasteiger partial charge in [-0.25, -0.2) is 8.42 Å². The van der Waals surface area contributed by atoms with E-state index in [2.05, 4.69) is 23.0 Å². The highest BCUT2D eigenvalue weighted by molar-refractivity contribution is 7.89. The van der Waals surface area contributed by atoms with Crippen LogP contribution in [0.15, 0.2) is 52.5 Å². The summed E-state index contributed by atoms with van der Waals surface area (Å²) in [5, 5.41) is 0. The monoisotopic (exact) mass is 470 g/mol. The van der Waals surface area contributed by atoms with Crippen molar-refractivity contribution in [3.05, 3.63) is 47.6 Å². The van der Waals surface area contributed by atoms with Gasteiger partial charge in [-0.3, -0.25) is 4.90 Å². The van der Waals surface area contributed by atoms with Gasteiger partial charge in [0, 0.05) is 37.3 Å². The summed E-state index contributed by atoms with van der Waals surface area (Å²) in [5.41, 5.74) is 2.42. The Morgan fingerprint density at radius 3 is 2.58 bits per heavy atom. The van der Waals surface area contributed by atoms with Crippen molar-refractivity contribution in [3.63, 3.8) is 0 Å². The van der Waals surface area contributed by atoms with Gasteiger partial charge in [-0.05, 0) is 68.9 Å². The maximum Gasteiger partial charge on any atom is 0.243 e. The summed E-state index contributed by atoms with van der Waals surface area (Å²) in [6.07, 6.45) is 15.7. The summed E-state index contributed by atoms with van der Waals surface area (Å²) >= 11 is 0. The van der Waals surface area contributed by atoms with E-state index in [1.165, 1.54) is 22.7 Å². The van der Waals surface area contributed by atoms with E-state index in [1.807, 2.05) is 6.92 Å². The number of hydrogen-bond donors (Lipinski definition) is 0. The molecule has 0 radical (unpaired) electrons. The van der Waals surface area contributed by atoms with Gasteiger partial charge in [0.25, 0.3) is 0 Å².